The van der Waals surface area contributed by atoms with Gasteiger partial charge in [-0.05, 0) is 39.0 Å². The molecule has 0 N–H and O–H groups in total. The van der Waals surface area contributed by atoms with E-state index in [1.54, 1.807) is 0 Å². The maximum absolute atomic E-state index is 11.3. The van der Waals surface area contributed by atoms with E-state index in [9.17, 15) is 9.59 Å². The van der Waals surface area contributed by atoms with E-state index in [0.29, 0.717) is 13.0 Å². The fourth-order valence-corrected chi connectivity index (χ4v) is 3.23. The Bertz CT molecular complexity index is 341. The van der Waals surface area contributed by atoms with Crippen molar-refractivity contribution >= 4 is 11.9 Å². The van der Waals surface area contributed by atoms with Crippen molar-refractivity contribution in [1.82, 2.24) is 0 Å². The minimum absolute atomic E-state index is 0.0673. The van der Waals surface area contributed by atoms with Gasteiger partial charge in [-0.15, -0.1) is 0 Å². The van der Waals surface area contributed by atoms with Crippen molar-refractivity contribution in [3.63, 3.8) is 0 Å². The van der Waals surface area contributed by atoms with Crippen molar-refractivity contribution < 1.29 is 19.1 Å². The number of unbranched alkanes of at least 4 members (excludes halogenated alkanes) is 10. The minimum Gasteiger partial charge on any atom is -0.466 e. The van der Waals surface area contributed by atoms with E-state index in [2.05, 4.69) is 6.92 Å². The Balaban J connectivity index is 3.69. The van der Waals surface area contributed by atoms with Crippen LogP contribution in [0.15, 0.2) is 0 Å². The van der Waals surface area contributed by atoms with E-state index >= 15 is 0 Å². The molecule has 0 heterocycles. The van der Waals surface area contributed by atoms with Crippen LogP contribution in [0.2, 0.25) is 0 Å². The molecule has 0 saturated heterocycles. The quantitative estimate of drug-likeness (QED) is 0.208. The lowest BCUT2D eigenvalue weighted by molar-refractivity contribution is -0.147. The van der Waals surface area contributed by atoms with Gasteiger partial charge in [0.15, 0.2) is 0 Å². The molecule has 0 radical (unpaired) electrons. The first-order chi connectivity index (χ1) is 12.6. The molecule has 26 heavy (non-hydrogen) atoms. The van der Waals surface area contributed by atoms with E-state index in [-0.39, 0.29) is 18.0 Å². The van der Waals surface area contributed by atoms with Crippen molar-refractivity contribution in [2.24, 2.45) is 0 Å². The summed E-state index contributed by atoms with van der Waals surface area (Å²) in [5.41, 5.74) is 0. The minimum atomic E-state index is -0.170. The van der Waals surface area contributed by atoms with Crippen molar-refractivity contribution in [2.75, 3.05) is 6.61 Å². The lowest BCUT2D eigenvalue weighted by Crippen LogP contribution is -2.16. The zero-order valence-corrected chi connectivity index (χ0v) is 17.5. The molecule has 0 aliphatic carbocycles. The van der Waals surface area contributed by atoms with Gasteiger partial charge in [0.05, 0.1) is 6.61 Å². The van der Waals surface area contributed by atoms with Crippen LogP contribution in [0.1, 0.15) is 117 Å². The summed E-state index contributed by atoms with van der Waals surface area (Å²) < 4.78 is 10.4. The molecule has 0 fully saturated rings. The third-order valence-electron chi connectivity index (χ3n) is 4.67. The first kappa shape index (κ1) is 24.9. The topological polar surface area (TPSA) is 52.6 Å². The second kappa shape index (κ2) is 18.7. The number of hydrogen-bond acceptors (Lipinski definition) is 4. The Kier molecular flexibility index (Phi) is 18.0. The molecule has 0 bridgehead atoms. The van der Waals surface area contributed by atoms with Gasteiger partial charge in [0, 0.05) is 13.3 Å². The van der Waals surface area contributed by atoms with Crippen LogP contribution < -0.4 is 0 Å². The SMILES string of the molecule is CCCCCCCCCCC(CCCCCCC(=O)OCC)OC(C)=O. The number of carbonyl (C=O) groups excluding carboxylic acids is 2. The van der Waals surface area contributed by atoms with Gasteiger partial charge in [-0.25, -0.2) is 0 Å². The summed E-state index contributed by atoms with van der Waals surface area (Å²) in [6.07, 6.45) is 16.9. The molecule has 4 heteroatoms. The highest BCUT2D eigenvalue weighted by atomic mass is 16.5. The Morgan fingerprint density at radius 1 is 0.731 bits per heavy atom. The van der Waals surface area contributed by atoms with Gasteiger partial charge in [0.25, 0.3) is 0 Å². The van der Waals surface area contributed by atoms with E-state index in [0.717, 1.165) is 44.9 Å². The standard InChI is InChI=1S/C22H42O4/c1-4-6-7-8-9-10-11-14-17-21(26-20(3)23)18-15-12-13-16-19-22(24)25-5-2/h21H,4-19H2,1-3H3. The zero-order valence-electron chi connectivity index (χ0n) is 17.5. The van der Waals surface area contributed by atoms with Gasteiger partial charge >= 0.3 is 11.9 Å². The largest absolute Gasteiger partial charge is 0.466 e. The number of ether oxygens (including phenoxy) is 2. The Labute approximate surface area is 161 Å². The van der Waals surface area contributed by atoms with Crippen LogP contribution in [-0.4, -0.2) is 24.6 Å². The van der Waals surface area contributed by atoms with E-state index in [1.807, 2.05) is 6.92 Å². The third-order valence-corrected chi connectivity index (χ3v) is 4.67. The third kappa shape index (κ3) is 17.8. The molecule has 0 rings (SSSR count). The molecule has 0 amide bonds. The molecule has 0 aromatic heterocycles. The molecule has 0 aliphatic rings. The van der Waals surface area contributed by atoms with Crippen LogP contribution in [-0.2, 0) is 19.1 Å². The number of carbonyl (C=O) groups is 2. The highest BCUT2D eigenvalue weighted by Crippen LogP contribution is 2.17. The average Bonchev–Trinajstić information content (AvgIpc) is 2.59. The smallest absolute Gasteiger partial charge is 0.305 e. The second-order valence-electron chi connectivity index (χ2n) is 7.25. The highest BCUT2D eigenvalue weighted by Gasteiger charge is 2.11. The average molecular weight is 371 g/mol. The van der Waals surface area contributed by atoms with Gasteiger partial charge in [0.1, 0.15) is 6.10 Å². The van der Waals surface area contributed by atoms with Gasteiger partial charge in [-0.3, -0.25) is 9.59 Å². The fraction of sp³-hybridized carbons (Fsp3) is 0.909. The molecule has 4 nitrogen and oxygen atoms in total. The molecule has 0 spiro atoms. The van der Waals surface area contributed by atoms with E-state index in [4.69, 9.17) is 9.47 Å². The van der Waals surface area contributed by atoms with Crippen LogP contribution in [0.4, 0.5) is 0 Å². The van der Waals surface area contributed by atoms with Crippen LogP contribution in [0.3, 0.4) is 0 Å². The fourth-order valence-electron chi connectivity index (χ4n) is 3.23. The first-order valence-electron chi connectivity index (χ1n) is 10.9. The monoisotopic (exact) mass is 370 g/mol. The Morgan fingerprint density at radius 3 is 1.73 bits per heavy atom. The summed E-state index contributed by atoms with van der Waals surface area (Å²) in [7, 11) is 0. The van der Waals surface area contributed by atoms with Crippen LogP contribution in [0, 0.1) is 0 Å². The lowest BCUT2D eigenvalue weighted by Gasteiger charge is -2.17. The predicted octanol–water partition coefficient (Wildman–Crippen LogP) is 6.35. The highest BCUT2D eigenvalue weighted by molar-refractivity contribution is 5.69. The maximum Gasteiger partial charge on any atom is 0.305 e. The predicted molar refractivity (Wildman–Crippen MR) is 107 cm³/mol. The molecule has 0 aromatic rings. The summed E-state index contributed by atoms with van der Waals surface area (Å²) >= 11 is 0. The van der Waals surface area contributed by atoms with E-state index in [1.165, 1.54) is 51.9 Å². The molecule has 1 atom stereocenters. The van der Waals surface area contributed by atoms with Gasteiger partial charge in [-0.1, -0.05) is 64.7 Å². The first-order valence-corrected chi connectivity index (χ1v) is 10.9. The summed E-state index contributed by atoms with van der Waals surface area (Å²) in [6.45, 7) is 6.04. The van der Waals surface area contributed by atoms with Gasteiger partial charge in [0.2, 0.25) is 0 Å². The summed E-state index contributed by atoms with van der Waals surface area (Å²) in [4.78, 5) is 22.6. The molecule has 154 valence electrons. The molecule has 0 aromatic carbocycles. The molecular weight excluding hydrogens is 328 g/mol. The number of hydrogen-bond donors (Lipinski definition) is 0. The molecular formula is C22H42O4. The summed E-state index contributed by atoms with van der Waals surface area (Å²) in [5.74, 6) is -0.267. The zero-order chi connectivity index (χ0) is 19.5. The summed E-state index contributed by atoms with van der Waals surface area (Å²) in [5, 5.41) is 0. The van der Waals surface area contributed by atoms with Gasteiger partial charge in [-0.2, -0.15) is 0 Å². The van der Waals surface area contributed by atoms with Crippen LogP contribution in [0.5, 0.6) is 0 Å². The lowest BCUT2D eigenvalue weighted by atomic mass is 10.0. The molecule has 0 saturated carbocycles. The maximum atomic E-state index is 11.3. The molecule has 1 unspecified atom stereocenters. The summed E-state index contributed by atoms with van der Waals surface area (Å²) in [6, 6.07) is 0. The normalized spacial score (nSPS) is 12.0. The van der Waals surface area contributed by atoms with Crippen molar-refractivity contribution in [2.45, 2.75) is 123 Å². The van der Waals surface area contributed by atoms with Crippen molar-refractivity contribution in [3.8, 4) is 0 Å². The molecule has 0 aliphatic heterocycles. The number of esters is 2. The van der Waals surface area contributed by atoms with Crippen LogP contribution >= 0.6 is 0 Å². The Hall–Kier alpha value is -1.06. The second-order valence-corrected chi connectivity index (χ2v) is 7.25. The van der Waals surface area contributed by atoms with Gasteiger partial charge < -0.3 is 9.47 Å². The Morgan fingerprint density at radius 2 is 1.23 bits per heavy atom. The van der Waals surface area contributed by atoms with E-state index < -0.39 is 0 Å². The van der Waals surface area contributed by atoms with Crippen molar-refractivity contribution in [3.05, 3.63) is 0 Å². The number of rotatable bonds is 18. The van der Waals surface area contributed by atoms with Crippen LogP contribution in [0.25, 0.3) is 0 Å². The van der Waals surface area contributed by atoms with Crippen molar-refractivity contribution in [1.29, 1.82) is 0 Å².